The molecule has 0 atom stereocenters. The van der Waals surface area contributed by atoms with Gasteiger partial charge in [0.2, 0.25) is 0 Å². The number of unbranched alkanes of at least 4 members (excludes halogenated alkanes) is 2. The second-order valence-electron chi connectivity index (χ2n) is 6.26. The third-order valence-corrected chi connectivity index (χ3v) is 4.30. The van der Waals surface area contributed by atoms with Crippen molar-refractivity contribution in [1.29, 1.82) is 0 Å². The van der Waals surface area contributed by atoms with Crippen molar-refractivity contribution in [3.05, 3.63) is 24.0 Å². The number of amides is 1. The van der Waals surface area contributed by atoms with Gasteiger partial charge in [0.15, 0.2) is 0 Å². The molecule has 0 unspecified atom stereocenters. The van der Waals surface area contributed by atoms with Crippen LogP contribution in [0.3, 0.4) is 0 Å². The molecule has 0 spiro atoms. The van der Waals surface area contributed by atoms with Crippen molar-refractivity contribution in [2.45, 2.75) is 70.8 Å². The molecule has 0 bridgehead atoms. The molecule has 1 saturated carbocycles. The summed E-state index contributed by atoms with van der Waals surface area (Å²) >= 11 is 0. The van der Waals surface area contributed by atoms with Crippen LogP contribution in [0, 0.1) is 0 Å². The molecule has 0 saturated heterocycles. The lowest BCUT2D eigenvalue weighted by molar-refractivity contribution is 0.0933. The molecular weight excluding hydrogens is 274 g/mol. The van der Waals surface area contributed by atoms with E-state index in [2.05, 4.69) is 22.5 Å². The zero-order valence-corrected chi connectivity index (χ0v) is 13.7. The minimum Gasteiger partial charge on any atom is -0.384 e. The van der Waals surface area contributed by atoms with E-state index in [9.17, 15) is 4.79 Å². The lowest BCUT2D eigenvalue weighted by Crippen LogP contribution is -2.34. The summed E-state index contributed by atoms with van der Waals surface area (Å²) in [6, 6.07) is 2.24. The van der Waals surface area contributed by atoms with Gasteiger partial charge >= 0.3 is 0 Å². The maximum atomic E-state index is 12.4. The molecule has 1 amide bonds. The molecule has 122 valence electrons. The molecule has 1 aliphatic carbocycles. The lowest BCUT2D eigenvalue weighted by atomic mass is 10.1. The van der Waals surface area contributed by atoms with Gasteiger partial charge in [0.1, 0.15) is 0 Å². The van der Waals surface area contributed by atoms with Crippen LogP contribution in [-0.4, -0.2) is 23.5 Å². The van der Waals surface area contributed by atoms with E-state index in [1.54, 1.807) is 12.4 Å². The van der Waals surface area contributed by atoms with Crippen molar-refractivity contribution >= 4 is 11.6 Å². The Kier molecular flexibility index (Phi) is 7.20. The summed E-state index contributed by atoms with van der Waals surface area (Å²) < 4.78 is 0. The first-order valence-corrected chi connectivity index (χ1v) is 8.79. The molecule has 1 fully saturated rings. The van der Waals surface area contributed by atoms with Crippen molar-refractivity contribution in [2.24, 2.45) is 0 Å². The van der Waals surface area contributed by atoms with E-state index < -0.39 is 0 Å². The molecule has 4 heteroatoms. The van der Waals surface area contributed by atoms with E-state index in [0.717, 1.165) is 31.5 Å². The van der Waals surface area contributed by atoms with Gasteiger partial charge in [-0.1, -0.05) is 45.4 Å². The number of anilines is 1. The van der Waals surface area contributed by atoms with Crippen molar-refractivity contribution < 1.29 is 4.79 Å². The summed E-state index contributed by atoms with van der Waals surface area (Å²) in [5.41, 5.74) is 1.59. The average Bonchev–Trinajstić information content (AvgIpc) is 2.80. The van der Waals surface area contributed by atoms with Crippen LogP contribution in [0.1, 0.15) is 75.1 Å². The van der Waals surface area contributed by atoms with Crippen LogP contribution < -0.4 is 10.6 Å². The molecule has 2 rings (SSSR count). The number of carbonyl (C=O) groups excluding carboxylic acids is 1. The predicted octanol–water partition coefficient (Wildman–Crippen LogP) is 4.14. The van der Waals surface area contributed by atoms with Gasteiger partial charge in [-0.25, -0.2) is 0 Å². The Morgan fingerprint density at radius 3 is 2.68 bits per heavy atom. The van der Waals surface area contributed by atoms with Crippen LogP contribution >= 0.6 is 0 Å². The number of carbonyl (C=O) groups is 1. The van der Waals surface area contributed by atoms with E-state index in [1.807, 2.05) is 6.07 Å². The number of hydrogen-bond donors (Lipinski definition) is 2. The number of nitrogens with zero attached hydrogens (tertiary/aromatic N) is 1. The third-order valence-electron chi connectivity index (χ3n) is 4.30. The van der Waals surface area contributed by atoms with E-state index >= 15 is 0 Å². The van der Waals surface area contributed by atoms with Gasteiger partial charge in [-0.15, -0.1) is 0 Å². The number of rotatable bonds is 7. The van der Waals surface area contributed by atoms with Gasteiger partial charge < -0.3 is 10.6 Å². The van der Waals surface area contributed by atoms with E-state index in [1.165, 1.54) is 38.5 Å². The molecule has 1 aromatic heterocycles. The molecule has 22 heavy (non-hydrogen) atoms. The highest BCUT2D eigenvalue weighted by molar-refractivity contribution is 5.94. The standard InChI is InChI=1S/C18H29N3O/c1-2-3-8-11-20-17-12-15(13-19-14-17)18(22)21-16-9-6-4-5-7-10-16/h12-14,16,20H,2-11H2,1H3,(H,21,22). The van der Waals surface area contributed by atoms with E-state index in [4.69, 9.17) is 0 Å². The summed E-state index contributed by atoms with van der Waals surface area (Å²) in [6.07, 6.45) is 14.3. The van der Waals surface area contributed by atoms with Gasteiger partial charge in [0.05, 0.1) is 11.3 Å². The van der Waals surface area contributed by atoms with Crippen LogP contribution in [-0.2, 0) is 0 Å². The zero-order chi connectivity index (χ0) is 15.6. The Bertz CT molecular complexity index is 453. The third kappa shape index (κ3) is 5.66. The van der Waals surface area contributed by atoms with Gasteiger partial charge in [0.25, 0.3) is 5.91 Å². The maximum absolute atomic E-state index is 12.4. The first-order chi connectivity index (χ1) is 10.8. The largest absolute Gasteiger partial charge is 0.384 e. The van der Waals surface area contributed by atoms with E-state index in [-0.39, 0.29) is 5.91 Å². The van der Waals surface area contributed by atoms with Crippen molar-refractivity contribution in [1.82, 2.24) is 10.3 Å². The molecule has 0 aliphatic heterocycles. The maximum Gasteiger partial charge on any atom is 0.253 e. The molecule has 1 aromatic rings. The first-order valence-electron chi connectivity index (χ1n) is 8.79. The summed E-state index contributed by atoms with van der Waals surface area (Å²) in [6.45, 7) is 3.13. The lowest BCUT2D eigenvalue weighted by Gasteiger charge is -2.16. The molecule has 1 heterocycles. The van der Waals surface area contributed by atoms with Gasteiger partial charge in [-0.05, 0) is 25.3 Å². The normalized spacial score (nSPS) is 16.0. The highest BCUT2D eigenvalue weighted by atomic mass is 16.1. The molecule has 4 nitrogen and oxygen atoms in total. The SMILES string of the molecule is CCCCCNc1cncc(C(=O)NC2CCCCCC2)c1. The second kappa shape index (κ2) is 9.44. The highest BCUT2D eigenvalue weighted by Crippen LogP contribution is 2.18. The smallest absolute Gasteiger partial charge is 0.253 e. The fourth-order valence-electron chi connectivity index (χ4n) is 2.96. The minimum atomic E-state index is 0.0107. The minimum absolute atomic E-state index is 0.0107. The number of pyridine rings is 1. The summed E-state index contributed by atoms with van der Waals surface area (Å²) in [5.74, 6) is 0.0107. The molecule has 1 aliphatic rings. The Balaban J connectivity index is 1.86. The van der Waals surface area contributed by atoms with Crippen molar-refractivity contribution in [2.75, 3.05) is 11.9 Å². The van der Waals surface area contributed by atoms with Gasteiger partial charge in [-0.3, -0.25) is 9.78 Å². The highest BCUT2D eigenvalue weighted by Gasteiger charge is 2.16. The Hall–Kier alpha value is -1.58. The summed E-state index contributed by atoms with van der Waals surface area (Å²) in [5, 5.41) is 6.52. The number of hydrogen-bond acceptors (Lipinski definition) is 3. The molecule has 0 radical (unpaired) electrons. The summed E-state index contributed by atoms with van der Waals surface area (Å²) in [4.78, 5) is 16.6. The van der Waals surface area contributed by atoms with Crippen LogP contribution in [0.15, 0.2) is 18.5 Å². The Labute approximate surface area is 134 Å². The van der Waals surface area contributed by atoms with Gasteiger partial charge in [0, 0.05) is 25.0 Å². The molecule has 0 aromatic carbocycles. The van der Waals surface area contributed by atoms with Crippen molar-refractivity contribution in [3.63, 3.8) is 0 Å². The molecule has 2 N–H and O–H groups in total. The monoisotopic (exact) mass is 303 g/mol. The summed E-state index contributed by atoms with van der Waals surface area (Å²) in [7, 11) is 0. The van der Waals surface area contributed by atoms with Crippen LogP contribution in [0.2, 0.25) is 0 Å². The van der Waals surface area contributed by atoms with E-state index in [0.29, 0.717) is 11.6 Å². The fraction of sp³-hybridized carbons (Fsp3) is 0.667. The quantitative estimate of drug-likeness (QED) is 0.588. The van der Waals surface area contributed by atoms with Crippen molar-refractivity contribution in [3.8, 4) is 0 Å². The average molecular weight is 303 g/mol. The number of nitrogens with one attached hydrogen (secondary N) is 2. The topological polar surface area (TPSA) is 54.0 Å². The number of aromatic nitrogens is 1. The second-order valence-corrected chi connectivity index (χ2v) is 6.26. The van der Waals surface area contributed by atoms with Crippen LogP contribution in [0.25, 0.3) is 0 Å². The van der Waals surface area contributed by atoms with Gasteiger partial charge in [-0.2, -0.15) is 0 Å². The first kappa shape index (κ1) is 16.8. The fourth-order valence-corrected chi connectivity index (χ4v) is 2.96. The Morgan fingerprint density at radius 2 is 1.95 bits per heavy atom. The predicted molar refractivity (Wildman–Crippen MR) is 91.2 cm³/mol. The molecular formula is C18H29N3O. The van der Waals surface area contributed by atoms with Crippen LogP contribution in [0.4, 0.5) is 5.69 Å². The van der Waals surface area contributed by atoms with Crippen LogP contribution in [0.5, 0.6) is 0 Å². The Morgan fingerprint density at radius 1 is 1.18 bits per heavy atom. The zero-order valence-electron chi connectivity index (χ0n) is 13.7.